The maximum absolute atomic E-state index is 2.23. The van der Waals surface area contributed by atoms with Gasteiger partial charge in [-0.15, -0.1) is 0 Å². The first-order valence-corrected chi connectivity index (χ1v) is 5.01. The van der Waals surface area contributed by atoms with Crippen molar-refractivity contribution >= 4 is 5.69 Å². The summed E-state index contributed by atoms with van der Waals surface area (Å²) in [6.45, 7) is 2.23. The van der Waals surface area contributed by atoms with Crippen molar-refractivity contribution < 1.29 is 0 Å². The first kappa shape index (κ1) is 10.1. The van der Waals surface area contributed by atoms with Gasteiger partial charge in [-0.25, -0.2) is 0 Å². The molecule has 0 aromatic heterocycles. The molecule has 72 valence electrons. The second-order valence-corrected chi connectivity index (χ2v) is 3.63. The summed E-state index contributed by atoms with van der Waals surface area (Å²) < 4.78 is 0. The number of nitrogens with zero attached hydrogens (tertiary/aromatic N) is 1. The fourth-order valence-electron chi connectivity index (χ4n) is 1.53. The van der Waals surface area contributed by atoms with Crippen LogP contribution in [0.25, 0.3) is 0 Å². The highest BCUT2D eigenvalue weighted by Gasteiger charge is 2.01. The van der Waals surface area contributed by atoms with Crippen LogP contribution in [0.3, 0.4) is 0 Å². The number of hydrogen-bond donors (Lipinski definition) is 0. The van der Waals surface area contributed by atoms with Crippen molar-refractivity contribution in [1.29, 1.82) is 0 Å². The Morgan fingerprint density at radius 2 is 1.85 bits per heavy atom. The molecule has 0 spiro atoms. The molecule has 0 amide bonds. The number of benzene rings is 1. The molecule has 1 rings (SSSR count). The first-order chi connectivity index (χ1) is 6.25. The summed E-state index contributed by atoms with van der Waals surface area (Å²) in [5.74, 6) is 0. The van der Waals surface area contributed by atoms with Crippen molar-refractivity contribution in [3.05, 3.63) is 29.8 Å². The average molecular weight is 177 g/mol. The van der Waals surface area contributed by atoms with Crippen LogP contribution >= 0.6 is 0 Å². The molecular formula is C12H19N. The van der Waals surface area contributed by atoms with Crippen LogP contribution in [-0.4, -0.2) is 14.1 Å². The van der Waals surface area contributed by atoms with Gasteiger partial charge in [0.25, 0.3) is 0 Å². The second-order valence-electron chi connectivity index (χ2n) is 3.63. The van der Waals surface area contributed by atoms with E-state index in [1.807, 2.05) is 0 Å². The minimum absolute atomic E-state index is 1.20. The minimum Gasteiger partial charge on any atom is -0.377 e. The van der Waals surface area contributed by atoms with Crippen molar-refractivity contribution in [2.24, 2.45) is 0 Å². The molecule has 0 fully saturated rings. The standard InChI is InChI=1S/C12H19N/c1-4-5-8-11-9-6-7-10-12(11)13(2)3/h6-7,9-10H,4-5,8H2,1-3H3. The van der Waals surface area contributed by atoms with Gasteiger partial charge in [0, 0.05) is 19.8 Å². The Labute approximate surface area is 81.4 Å². The van der Waals surface area contributed by atoms with Gasteiger partial charge < -0.3 is 4.90 Å². The van der Waals surface area contributed by atoms with Crippen molar-refractivity contribution in [1.82, 2.24) is 0 Å². The van der Waals surface area contributed by atoms with Crippen LogP contribution in [0.5, 0.6) is 0 Å². The molecule has 0 heterocycles. The highest BCUT2D eigenvalue weighted by atomic mass is 15.1. The van der Waals surface area contributed by atoms with E-state index in [-0.39, 0.29) is 0 Å². The molecule has 1 nitrogen and oxygen atoms in total. The van der Waals surface area contributed by atoms with Gasteiger partial charge in [-0.3, -0.25) is 0 Å². The lowest BCUT2D eigenvalue weighted by Crippen LogP contribution is -2.11. The predicted molar refractivity (Wildman–Crippen MR) is 59.4 cm³/mol. The van der Waals surface area contributed by atoms with Crippen LogP contribution < -0.4 is 4.90 Å². The van der Waals surface area contributed by atoms with Gasteiger partial charge in [-0.1, -0.05) is 31.5 Å². The van der Waals surface area contributed by atoms with Crippen molar-refractivity contribution in [3.8, 4) is 0 Å². The van der Waals surface area contributed by atoms with Gasteiger partial charge in [0.15, 0.2) is 0 Å². The van der Waals surface area contributed by atoms with E-state index in [4.69, 9.17) is 0 Å². The van der Waals surface area contributed by atoms with Crippen LogP contribution in [0, 0.1) is 0 Å². The highest BCUT2D eigenvalue weighted by molar-refractivity contribution is 5.52. The van der Waals surface area contributed by atoms with Crippen LogP contribution in [0.15, 0.2) is 24.3 Å². The van der Waals surface area contributed by atoms with E-state index in [0.29, 0.717) is 0 Å². The lowest BCUT2D eigenvalue weighted by Gasteiger charge is -2.16. The number of rotatable bonds is 4. The number of aryl methyl sites for hydroxylation is 1. The van der Waals surface area contributed by atoms with Crippen molar-refractivity contribution in [2.45, 2.75) is 26.2 Å². The summed E-state index contributed by atoms with van der Waals surface area (Å²) in [6.07, 6.45) is 3.75. The Kier molecular flexibility index (Phi) is 3.81. The molecule has 0 atom stereocenters. The molecule has 13 heavy (non-hydrogen) atoms. The van der Waals surface area contributed by atoms with Crippen molar-refractivity contribution in [3.63, 3.8) is 0 Å². The zero-order chi connectivity index (χ0) is 9.68. The molecule has 0 radical (unpaired) electrons. The Hall–Kier alpha value is -0.980. The largest absolute Gasteiger partial charge is 0.377 e. The molecular weight excluding hydrogens is 158 g/mol. The van der Waals surface area contributed by atoms with E-state index in [9.17, 15) is 0 Å². The third-order valence-electron chi connectivity index (χ3n) is 2.27. The monoisotopic (exact) mass is 177 g/mol. The van der Waals surface area contributed by atoms with E-state index < -0.39 is 0 Å². The molecule has 0 aliphatic carbocycles. The van der Waals surface area contributed by atoms with Gasteiger partial charge in [-0.2, -0.15) is 0 Å². The van der Waals surface area contributed by atoms with Gasteiger partial charge in [0.05, 0.1) is 0 Å². The maximum atomic E-state index is 2.23. The number of para-hydroxylation sites is 1. The fourth-order valence-corrected chi connectivity index (χ4v) is 1.53. The number of unbranched alkanes of at least 4 members (excludes halogenated alkanes) is 1. The Balaban J connectivity index is 2.78. The van der Waals surface area contributed by atoms with Crippen LogP contribution in [0.1, 0.15) is 25.3 Å². The second kappa shape index (κ2) is 4.90. The average Bonchev–Trinajstić information content (AvgIpc) is 2.15. The SMILES string of the molecule is CCCCc1ccccc1N(C)C. The summed E-state index contributed by atoms with van der Waals surface area (Å²) in [7, 11) is 4.20. The van der Waals surface area contributed by atoms with E-state index in [1.54, 1.807) is 0 Å². The summed E-state index contributed by atoms with van der Waals surface area (Å²) in [4.78, 5) is 2.19. The zero-order valence-corrected chi connectivity index (χ0v) is 8.88. The molecule has 0 saturated carbocycles. The normalized spacial score (nSPS) is 10.1. The summed E-state index contributed by atoms with van der Waals surface area (Å²) in [5.41, 5.74) is 2.82. The van der Waals surface area contributed by atoms with E-state index in [2.05, 4.69) is 50.2 Å². The highest BCUT2D eigenvalue weighted by Crippen LogP contribution is 2.19. The van der Waals surface area contributed by atoms with Gasteiger partial charge >= 0.3 is 0 Å². The first-order valence-electron chi connectivity index (χ1n) is 5.01. The van der Waals surface area contributed by atoms with E-state index in [0.717, 1.165) is 0 Å². The molecule has 0 aliphatic rings. The smallest absolute Gasteiger partial charge is 0.0393 e. The molecule has 0 aliphatic heterocycles. The Bertz CT molecular complexity index is 253. The lowest BCUT2D eigenvalue weighted by molar-refractivity contribution is 0.793. The fraction of sp³-hybridized carbons (Fsp3) is 0.500. The predicted octanol–water partition coefficient (Wildman–Crippen LogP) is 3.10. The van der Waals surface area contributed by atoms with E-state index in [1.165, 1.54) is 30.5 Å². The van der Waals surface area contributed by atoms with Crippen LogP contribution in [-0.2, 0) is 6.42 Å². The maximum Gasteiger partial charge on any atom is 0.0393 e. The Morgan fingerprint density at radius 1 is 1.15 bits per heavy atom. The van der Waals surface area contributed by atoms with Crippen LogP contribution in [0.2, 0.25) is 0 Å². The molecule has 1 aromatic rings. The lowest BCUT2D eigenvalue weighted by atomic mass is 10.1. The molecule has 0 unspecified atom stereocenters. The third-order valence-corrected chi connectivity index (χ3v) is 2.27. The topological polar surface area (TPSA) is 3.24 Å². The summed E-state index contributed by atoms with van der Waals surface area (Å²) in [6, 6.07) is 8.64. The van der Waals surface area contributed by atoms with Crippen molar-refractivity contribution in [2.75, 3.05) is 19.0 Å². The number of hydrogen-bond acceptors (Lipinski definition) is 1. The number of anilines is 1. The molecule has 0 N–H and O–H groups in total. The summed E-state index contributed by atoms with van der Waals surface area (Å²) in [5, 5.41) is 0. The van der Waals surface area contributed by atoms with Gasteiger partial charge in [0.2, 0.25) is 0 Å². The van der Waals surface area contributed by atoms with E-state index >= 15 is 0 Å². The molecule has 1 heteroatoms. The molecule has 0 saturated heterocycles. The minimum atomic E-state index is 1.20. The molecule has 1 aromatic carbocycles. The zero-order valence-electron chi connectivity index (χ0n) is 8.88. The summed E-state index contributed by atoms with van der Waals surface area (Å²) >= 11 is 0. The van der Waals surface area contributed by atoms with Gasteiger partial charge in [-0.05, 0) is 24.5 Å². The third kappa shape index (κ3) is 2.76. The Morgan fingerprint density at radius 3 is 2.46 bits per heavy atom. The van der Waals surface area contributed by atoms with Crippen LogP contribution in [0.4, 0.5) is 5.69 Å². The van der Waals surface area contributed by atoms with Gasteiger partial charge in [0.1, 0.15) is 0 Å². The molecule has 0 bridgehead atoms. The quantitative estimate of drug-likeness (QED) is 0.683.